The minimum absolute atomic E-state index is 0.0879. The quantitative estimate of drug-likeness (QED) is 0.666. The molecule has 5 nitrogen and oxygen atoms in total. The highest BCUT2D eigenvalue weighted by Gasteiger charge is 2.10. The molecule has 1 rings (SSSR count). The largest absolute Gasteiger partial charge is 0.493 e. The van der Waals surface area contributed by atoms with Gasteiger partial charge >= 0.3 is 5.97 Å². The third-order valence-electron chi connectivity index (χ3n) is 2.97. The number of hydrogen-bond donors (Lipinski definition) is 2. The van der Waals surface area contributed by atoms with E-state index in [1.807, 2.05) is 24.3 Å². The van der Waals surface area contributed by atoms with E-state index >= 15 is 0 Å². The van der Waals surface area contributed by atoms with Crippen molar-refractivity contribution in [1.82, 2.24) is 5.32 Å². The second kappa shape index (κ2) is 9.39. The number of carboxylic acid groups (broad SMARTS) is 1. The third-order valence-corrected chi connectivity index (χ3v) is 3.50. The van der Waals surface area contributed by atoms with Crippen molar-refractivity contribution < 1.29 is 19.4 Å². The van der Waals surface area contributed by atoms with Gasteiger partial charge in [0.05, 0.1) is 18.9 Å². The molecule has 0 aromatic heterocycles. The zero-order valence-corrected chi connectivity index (χ0v) is 13.6. The number of aliphatic carboxylic acids is 1. The Morgan fingerprint density at radius 2 is 2.00 bits per heavy atom. The van der Waals surface area contributed by atoms with Crippen LogP contribution in [-0.4, -0.2) is 30.1 Å². The van der Waals surface area contributed by atoms with Crippen molar-refractivity contribution in [3.63, 3.8) is 0 Å². The van der Waals surface area contributed by atoms with Crippen molar-refractivity contribution in [3.05, 3.63) is 28.7 Å². The van der Waals surface area contributed by atoms with Crippen LogP contribution in [0.1, 0.15) is 26.2 Å². The van der Waals surface area contributed by atoms with Gasteiger partial charge < -0.3 is 15.2 Å². The molecule has 6 heteroatoms. The summed E-state index contributed by atoms with van der Waals surface area (Å²) in [4.78, 5) is 22.2. The highest BCUT2D eigenvalue weighted by Crippen LogP contribution is 2.16. The van der Waals surface area contributed by atoms with E-state index in [1.165, 1.54) is 0 Å². The average molecular weight is 358 g/mol. The van der Waals surface area contributed by atoms with Crippen LogP contribution in [0.4, 0.5) is 0 Å². The molecule has 0 bridgehead atoms. The van der Waals surface area contributed by atoms with E-state index in [4.69, 9.17) is 9.84 Å². The summed E-state index contributed by atoms with van der Waals surface area (Å²) >= 11 is 3.33. The molecule has 116 valence electrons. The van der Waals surface area contributed by atoms with Gasteiger partial charge in [0.25, 0.3) is 0 Å². The molecule has 0 aliphatic rings. The fraction of sp³-hybridized carbons (Fsp3) is 0.467. The Kier molecular flexibility index (Phi) is 7.82. The van der Waals surface area contributed by atoms with Gasteiger partial charge in [0.2, 0.25) is 5.91 Å². The topological polar surface area (TPSA) is 75.6 Å². The van der Waals surface area contributed by atoms with Gasteiger partial charge in [-0.15, -0.1) is 0 Å². The van der Waals surface area contributed by atoms with Crippen LogP contribution in [0.25, 0.3) is 0 Å². The fourth-order valence-electron chi connectivity index (χ4n) is 1.64. The van der Waals surface area contributed by atoms with Crippen LogP contribution in [-0.2, 0) is 9.59 Å². The molecule has 1 unspecified atom stereocenters. The van der Waals surface area contributed by atoms with Crippen LogP contribution in [0, 0.1) is 5.92 Å². The summed E-state index contributed by atoms with van der Waals surface area (Å²) in [5.74, 6) is -0.539. The molecule has 2 N–H and O–H groups in total. The maximum Gasteiger partial charge on any atom is 0.306 e. The first-order valence-electron chi connectivity index (χ1n) is 6.87. The molecule has 0 saturated carbocycles. The lowest BCUT2D eigenvalue weighted by atomic mass is 10.1. The number of ether oxygens (including phenoxy) is 1. The second-order valence-corrected chi connectivity index (χ2v) is 5.70. The molecule has 0 aliphatic carbocycles. The van der Waals surface area contributed by atoms with E-state index in [9.17, 15) is 9.59 Å². The number of benzene rings is 1. The zero-order chi connectivity index (χ0) is 15.7. The summed E-state index contributed by atoms with van der Waals surface area (Å²) in [6.07, 6.45) is 1.50. The number of carbonyl (C=O) groups excluding carboxylic acids is 1. The Morgan fingerprint density at radius 1 is 1.33 bits per heavy atom. The van der Waals surface area contributed by atoms with Gasteiger partial charge in [-0.3, -0.25) is 9.59 Å². The van der Waals surface area contributed by atoms with Gasteiger partial charge in [-0.05, 0) is 37.1 Å². The second-order valence-electron chi connectivity index (χ2n) is 4.78. The lowest BCUT2D eigenvalue weighted by molar-refractivity contribution is -0.141. The number of nitrogens with one attached hydrogen (secondary N) is 1. The molecule has 0 aliphatic heterocycles. The third kappa shape index (κ3) is 7.70. The van der Waals surface area contributed by atoms with Crippen LogP contribution in [0.3, 0.4) is 0 Å². The van der Waals surface area contributed by atoms with Crippen molar-refractivity contribution in [3.8, 4) is 5.75 Å². The molecule has 0 fully saturated rings. The molecule has 0 saturated heterocycles. The molecular formula is C15H20BrNO4. The highest BCUT2D eigenvalue weighted by molar-refractivity contribution is 9.10. The van der Waals surface area contributed by atoms with Crippen LogP contribution in [0.15, 0.2) is 28.7 Å². The van der Waals surface area contributed by atoms with Crippen LogP contribution < -0.4 is 10.1 Å². The standard InChI is InChI=1S/C15H20BrNO4/c1-11(15(19)20)3-2-9-17-14(18)8-10-21-13-6-4-12(16)5-7-13/h4-7,11H,2-3,8-10H2,1H3,(H,17,18)(H,19,20). The van der Waals surface area contributed by atoms with Crippen molar-refractivity contribution in [1.29, 1.82) is 0 Å². The zero-order valence-electron chi connectivity index (χ0n) is 12.0. The van der Waals surface area contributed by atoms with Crippen molar-refractivity contribution in [2.45, 2.75) is 26.2 Å². The van der Waals surface area contributed by atoms with Crippen LogP contribution in [0.5, 0.6) is 5.75 Å². The molecule has 1 aromatic rings. The number of amides is 1. The lowest BCUT2D eigenvalue weighted by Crippen LogP contribution is -2.26. The number of carbonyl (C=O) groups is 2. The van der Waals surface area contributed by atoms with Gasteiger partial charge in [-0.25, -0.2) is 0 Å². The summed E-state index contributed by atoms with van der Waals surface area (Å²) in [5.41, 5.74) is 0. The SMILES string of the molecule is CC(CCCNC(=O)CCOc1ccc(Br)cc1)C(=O)O. The predicted octanol–water partition coefficient (Wildman–Crippen LogP) is 2.84. The summed E-state index contributed by atoms with van der Waals surface area (Å²) in [7, 11) is 0. The van der Waals surface area contributed by atoms with E-state index < -0.39 is 5.97 Å². The predicted molar refractivity (Wildman–Crippen MR) is 83.3 cm³/mol. The number of hydrogen-bond acceptors (Lipinski definition) is 3. The Labute approximate surface area is 132 Å². The monoisotopic (exact) mass is 357 g/mol. The summed E-state index contributed by atoms with van der Waals surface area (Å²) in [6, 6.07) is 7.41. The smallest absolute Gasteiger partial charge is 0.306 e. The van der Waals surface area contributed by atoms with Crippen molar-refractivity contribution in [2.24, 2.45) is 5.92 Å². The van der Waals surface area contributed by atoms with Crippen molar-refractivity contribution in [2.75, 3.05) is 13.2 Å². The first-order chi connectivity index (χ1) is 9.99. The van der Waals surface area contributed by atoms with Crippen LogP contribution in [0.2, 0.25) is 0 Å². The van der Waals surface area contributed by atoms with E-state index in [0.717, 1.165) is 10.2 Å². The Balaban J connectivity index is 2.09. The fourth-order valence-corrected chi connectivity index (χ4v) is 1.90. The molecule has 0 heterocycles. The highest BCUT2D eigenvalue weighted by atomic mass is 79.9. The molecule has 0 spiro atoms. The first kappa shape index (κ1) is 17.5. The molecule has 1 amide bonds. The lowest BCUT2D eigenvalue weighted by Gasteiger charge is -2.08. The van der Waals surface area contributed by atoms with Gasteiger partial charge in [0, 0.05) is 11.0 Å². The average Bonchev–Trinajstić information content (AvgIpc) is 2.45. The van der Waals surface area contributed by atoms with E-state index in [2.05, 4.69) is 21.2 Å². The number of halogens is 1. The molecular weight excluding hydrogens is 338 g/mol. The van der Waals surface area contributed by atoms with Crippen LogP contribution >= 0.6 is 15.9 Å². The van der Waals surface area contributed by atoms with Crippen molar-refractivity contribution >= 4 is 27.8 Å². The van der Waals surface area contributed by atoms with Gasteiger partial charge in [-0.2, -0.15) is 0 Å². The van der Waals surface area contributed by atoms with E-state index in [1.54, 1.807) is 6.92 Å². The Morgan fingerprint density at radius 3 is 2.62 bits per heavy atom. The maximum atomic E-state index is 11.6. The Bertz CT molecular complexity index is 461. The molecule has 1 aromatic carbocycles. The molecule has 0 radical (unpaired) electrons. The minimum atomic E-state index is -0.802. The summed E-state index contributed by atoms with van der Waals surface area (Å²) in [5, 5.41) is 11.5. The first-order valence-corrected chi connectivity index (χ1v) is 7.66. The molecule has 21 heavy (non-hydrogen) atoms. The van der Waals surface area contributed by atoms with Gasteiger partial charge in [0.1, 0.15) is 5.75 Å². The molecule has 1 atom stereocenters. The van der Waals surface area contributed by atoms with Gasteiger partial charge in [-0.1, -0.05) is 22.9 Å². The maximum absolute atomic E-state index is 11.6. The number of rotatable bonds is 9. The number of carboxylic acids is 1. The van der Waals surface area contributed by atoms with Gasteiger partial charge in [0.15, 0.2) is 0 Å². The summed E-state index contributed by atoms with van der Waals surface area (Å²) in [6.45, 7) is 2.48. The normalized spacial score (nSPS) is 11.7. The van der Waals surface area contributed by atoms with E-state index in [-0.39, 0.29) is 18.2 Å². The Hall–Kier alpha value is -1.56. The van der Waals surface area contributed by atoms with E-state index in [0.29, 0.717) is 26.0 Å². The minimum Gasteiger partial charge on any atom is -0.493 e. The summed E-state index contributed by atoms with van der Waals surface area (Å²) < 4.78 is 6.42.